The van der Waals surface area contributed by atoms with Crippen LogP contribution in [0.5, 0.6) is 0 Å². The second-order valence-corrected chi connectivity index (χ2v) is 6.17. The minimum Gasteiger partial charge on any atom is -0.260 e. The molecular weight excluding hydrogens is 280 g/mol. The largest absolute Gasteiger partial charge is 0.260 e. The molecule has 0 aliphatic carbocycles. The molecule has 0 amide bonds. The van der Waals surface area contributed by atoms with Crippen LogP contribution in [0, 0.1) is 0 Å². The van der Waals surface area contributed by atoms with Gasteiger partial charge in [0.25, 0.3) is 0 Å². The van der Waals surface area contributed by atoms with E-state index in [1.165, 1.54) is 21.5 Å². The first-order chi connectivity index (χ1) is 11.2. The van der Waals surface area contributed by atoms with Crippen molar-refractivity contribution in [1.82, 2.24) is 9.97 Å². The Hall–Kier alpha value is -2.74. The van der Waals surface area contributed by atoms with Crippen molar-refractivity contribution in [2.75, 3.05) is 0 Å². The number of aromatic nitrogens is 2. The van der Waals surface area contributed by atoms with Crippen molar-refractivity contribution in [2.45, 2.75) is 19.8 Å². The molecule has 0 radical (unpaired) electrons. The first-order valence-corrected chi connectivity index (χ1v) is 7.97. The Morgan fingerprint density at radius 1 is 0.783 bits per heavy atom. The van der Waals surface area contributed by atoms with Gasteiger partial charge in [0.15, 0.2) is 0 Å². The summed E-state index contributed by atoms with van der Waals surface area (Å²) in [6.07, 6.45) is 3.89. The van der Waals surface area contributed by atoms with Crippen LogP contribution >= 0.6 is 0 Å². The lowest BCUT2D eigenvalue weighted by Crippen LogP contribution is -1.93. The maximum atomic E-state index is 4.64. The molecule has 0 unspecified atom stereocenters. The molecule has 0 aliphatic heterocycles. The number of nitrogens with zero attached hydrogens (tertiary/aromatic N) is 2. The molecule has 2 nitrogen and oxygen atoms in total. The van der Waals surface area contributed by atoms with Crippen LogP contribution in [0.15, 0.2) is 67.0 Å². The first-order valence-electron chi connectivity index (χ1n) is 7.97. The van der Waals surface area contributed by atoms with Gasteiger partial charge in [0.2, 0.25) is 0 Å². The molecule has 2 heteroatoms. The fourth-order valence-corrected chi connectivity index (χ4v) is 3.04. The van der Waals surface area contributed by atoms with Gasteiger partial charge in [-0.15, -0.1) is 0 Å². The molecule has 0 saturated carbocycles. The minimum absolute atomic E-state index is 0.437. The highest BCUT2D eigenvalue weighted by Gasteiger charge is 2.09. The van der Waals surface area contributed by atoms with Crippen LogP contribution in [0.3, 0.4) is 0 Å². The van der Waals surface area contributed by atoms with E-state index in [1.54, 1.807) is 0 Å². The lowest BCUT2D eigenvalue weighted by molar-refractivity contribution is 0.826. The molecular formula is C21H18N2. The molecule has 4 aromatic rings. The molecule has 0 N–H and O–H groups in total. The number of hydrogen-bond donors (Lipinski definition) is 0. The molecule has 0 saturated heterocycles. The summed E-state index contributed by atoms with van der Waals surface area (Å²) < 4.78 is 0. The highest BCUT2D eigenvalue weighted by Crippen LogP contribution is 2.32. The number of benzene rings is 2. The number of fused-ring (bicyclic) bond motifs is 3. The van der Waals surface area contributed by atoms with Crippen LogP contribution in [0.25, 0.3) is 32.8 Å². The van der Waals surface area contributed by atoms with E-state index in [1.807, 2.05) is 30.6 Å². The van der Waals surface area contributed by atoms with E-state index in [4.69, 9.17) is 0 Å². The third kappa shape index (κ3) is 2.36. The van der Waals surface area contributed by atoms with Crippen molar-refractivity contribution in [3.63, 3.8) is 0 Å². The minimum atomic E-state index is 0.437. The van der Waals surface area contributed by atoms with Crippen molar-refractivity contribution < 1.29 is 0 Å². The Balaban J connectivity index is 2.01. The topological polar surface area (TPSA) is 25.8 Å². The predicted molar refractivity (Wildman–Crippen MR) is 96.6 cm³/mol. The maximum absolute atomic E-state index is 4.64. The van der Waals surface area contributed by atoms with Crippen molar-refractivity contribution >= 4 is 21.5 Å². The van der Waals surface area contributed by atoms with Crippen LogP contribution < -0.4 is 0 Å². The van der Waals surface area contributed by atoms with E-state index < -0.39 is 0 Å². The van der Waals surface area contributed by atoms with E-state index in [-0.39, 0.29) is 0 Å². The summed E-state index contributed by atoms with van der Waals surface area (Å²) in [5.41, 5.74) is 3.30. The fraction of sp³-hybridized carbons (Fsp3) is 0.143. The maximum Gasteiger partial charge on any atom is 0.0780 e. The highest BCUT2D eigenvalue weighted by molar-refractivity contribution is 6.10. The van der Waals surface area contributed by atoms with Crippen molar-refractivity contribution in [3.05, 3.63) is 72.7 Å². The van der Waals surface area contributed by atoms with Gasteiger partial charge in [-0.2, -0.15) is 0 Å². The SMILES string of the molecule is CC(C)c1cc2ccc3c(-c4ccccc4)nccc3c2cn1. The first kappa shape index (κ1) is 13.9. The van der Waals surface area contributed by atoms with Crippen LogP contribution in [0.1, 0.15) is 25.5 Å². The van der Waals surface area contributed by atoms with E-state index in [9.17, 15) is 0 Å². The summed E-state index contributed by atoms with van der Waals surface area (Å²) in [4.78, 5) is 9.25. The molecule has 0 fully saturated rings. The third-order valence-electron chi connectivity index (χ3n) is 4.31. The Kier molecular flexibility index (Phi) is 3.30. The highest BCUT2D eigenvalue weighted by atomic mass is 14.7. The Morgan fingerprint density at radius 3 is 2.39 bits per heavy atom. The van der Waals surface area contributed by atoms with Gasteiger partial charge in [-0.05, 0) is 28.8 Å². The average Bonchev–Trinajstić information content (AvgIpc) is 2.61. The predicted octanol–water partition coefficient (Wildman–Crippen LogP) is 5.57. The summed E-state index contributed by atoms with van der Waals surface area (Å²) in [5, 5.41) is 4.80. The second kappa shape index (κ2) is 5.47. The van der Waals surface area contributed by atoms with Crippen LogP contribution in [0.2, 0.25) is 0 Å². The van der Waals surface area contributed by atoms with E-state index >= 15 is 0 Å². The monoisotopic (exact) mass is 298 g/mol. The molecule has 2 heterocycles. The number of hydrogen-bond acceptors (Lipinski definition) is 2. The lowest BCUT2D eigenvalue weighted by atomic mass is 9.98. The summed E-state index contributed by atoms with van der Waals surface area (Å²) in [5.74, 6) is 0.437. The van der Waals surface area contributed by atoms with Gasteiger partial charge in [-0.1, -0.05) is 56.3 Å². The smallest absolute Gasteiger partial charge is 0.0780 e. The molecule has 0 spiro atoms. The zero-order valence-corrected chi connectivity index (χ0v) is 13.3. The van der Waals surface area contributed by atoms with Gasteiger partial charge in [0.05, 0.1) is 5.69 Å². The van der Waals surface area contributed by atoms with Crippen LogP contribution in [0.4, 0.5) is 0 Å². The van der Waals surface area contributed by atoms with Gasteiger partial charge in [0, 0.05) is 34.4 Å². The van der Waals surface area contributed by atoms with Gasteiger partial charge in [0.1, 0.15) is 0 Å². The molecule has 2 aromatic heterocycles. The van der Waals surface area contributed by atoms with Crippen LogP contribution in [-0.4, -0.2) is 9.97 Å². The van der Waals surface area contributed by atoms with Crippen molar-refractivity contribution in [2.24, 2.45) is 0 Å². The standard InChI is InChI=1S/C21H18N2/c1-14(2)20-12-16-8-9-18-17(19(16)13-23-20)10-11-22-21(18)15-6-4-3-5-7-15/h3-14H,1-2H3. The zero-order valence-electron chi connectivity index (χ0n) is 13.3. The van der Waals surface area contributed by atoms with Gasteiger partial charge in [-0.3, -0.25) is 9.97 Å². The lowest BCUT2D eigenvalue weighted by Gasteiger charge is -2.10. The summed E-state index contributed by atoms with van der Waals surface area (Å²) in [6, 6.07) is 19.0. The zero-order chi connectivity index (χ0) is 15.8. The molecule has 2 aromatic carbocycles. The second-order valence-electron chi connectivity index (χ2n) is 6.17. The van der Waals surface area contributed by atoms with E-state index in [0.717, 1.165) is 17.0 Å². The normalized spacial score (nSPS) is 11.4. The summed E-state index contributed by atoms with van der Waals surface area (Å²) in [7, 11) is 0. The van der Waals surface area contributed by atoms with E-state index in [0.29, 0.717) is 5.92 Å². The Bertz CT molecular complexity index is 988. The van der Waals surface area contributed by atoms with Crippen molar-refractivity contribution in [3.8, 4) is 11.3 Å². The molecule has 4 rings (SSSR count). The average molecular weight is 298 g/mol. The van der Waals surface area contributed by atoms with E-state index in [2.05, 4.69) is 60.2 Å². The van der Waals surface area contributed by atoms with Gasteiger partial charge < -0.3 is 0 Å². The van der Waals surface area contributed by atoms with Gasteiger partial charge >= 0.3 is 0 Å². The molecule has 0 atom stereocenters. The fourth-order valence-electron chi connectivity index (χ4n) is 3.04. The quantitative estimate of drug-likeness (QED) is 0.452. The molecule has 23 heavy (non-hydrogen) atoms. The summed E-state index contributed by atoms with van der Waals surface area (Å²) in [6.45, 7) is 4.35. The summed E-state index contributed by atoms with van der Waals surface area (Å²) >= 11 is 0. The molecule has 0 aliphatic rings. The van der Waals surface area contributed by atoms with Gasteiger partial charge in [-0.25, -0.2) is 0 Å². The van der Waals surface area contributed by atoms with Crippen LogP contribution in [-0.2, 0) is 0 Å². The third-order valence-corrected chi connectivity index (χ3v) is 4.31. The number of pyridine rings is 2. The Labute approximate surface area is 135 Å². The molecule has 0 bridgehead atoms. The van der Waals surface area contributed by atoms with Crippen molar-refractivity contribution in [1.29, 1.82) is 0 Å². The number of rotatable bonds is 2. The molecule has 112 valence electrons. The Morgan fingerprint density at radius 2 is 1.61 bits per heavy atom.